The van der Waals surface area contributed by atoms with Gasteiger partial charge in [0.25, 0.3) is 0 Å². The molecule has 34 heavy (non-hydrogen) atoms. The van der Waals surface area contributed by atoms with Crippen LogP contribution in [-0.2, 0) is 0 Å². The van der Waals surface area contributed by atoms with Gasteiger partial charge in [0.05, 0.1) is 0 Å². The molecule has 0 fully saturated rings. The number of benzene rings is 1. The Morgan fingerprint density at radius 2 is 0.941 bits per heavy atom. The highest BCUT2D eigenvalue weighted by Gasteiger charge is 2.39. The van der Waals surface area contributed by atoms with Crippen LogP contribution >= 0.6 is 45.3 Å². The lowest BCUT2D eigenvalue weighted by Crippen LogP contribution is -2.01. The summed E-state index contributed by atoms with van der Waals surface area (Å²) in [6.45, 7) is 14.0. The Labute approximate surface area is 217 Å². The number of hydrogen-bond acceptors (Lipinski definition) is 4. The summed E-state index contributed by atoms with van der Waals surface area (Å²) in [5.74, 6) is 0.914. The molecule has 2 atom stereocenters. The van der Waals surface area contributed by atoms with E-state index in [1.54, 1.807) is 22.3 Å². The van der Waals surface area contributed by atoms with Crippen molar-refractivity contribution in [1.29, 1.82) is 0 Å². The molecule has 0 spiro atoms. The summed E-state index contributed by atoms with van der Waals surface area (Å²) in [7, 11) is 0. The summed E-state index contributed by atoms with van der Waals surface area (Å²) in [4.78, 5) is 11.5. The van der Waals surface area contributed by atoms with Crippen molar-refractivity contribution in [3.05, 3.63) is 79.5 Å². The average molecular weight is 515 g/mol. The van der Waals surface area contributed by atoms with E-state index in [-0.39, 0.29) is 0 Å². The zero-order valence-corrected chi connectivity index (χ0v) is 23.5. The zero-order chi connectivity index (χ0) is 23.5. The van der Waals surface area contributed by atoms with Gasteiger partial charge in [-0.15, -0.1) is 45.3 Å². The van der Waals surface area contributed by atoms with Crippen molar-refractivity contribution in [2.45, 2.75) is 53.4 Å². The highest BCUT2D eigenvalue weighted by molar-refractivity contribution is 7.24. The molecule has 0 aliphatic heterocycles. The Morgan fingerprint density at radius 1 is 0.529 bits per heavy atom. The van der Waals surface area contributed by atoms with Crippen LogP contribution in [0.25, 0.3) is 40.4 Å². The molecule has 170 valence electrons. The first kappa shape index (κ1) is 21.3. The number of thiophene rings is 4. The topological polar surface area (TPSA) is 0 Å². The molecule has 4 heterocycles. The first-order valence-electron chi connectivity index (χ1n) is 11.9. The number of aryl methyl sites for hydroxylation is 2. The third-order valence-corrected chi connectivity index (χ3v) is 12.6. The standard InChI is InChI=1S/C30H26S4/c1-13-7-9-21(31-13)23-11-19-15(3)25-18(6)28-26(17(5)27(25)29(19)33-23)16(4)20-12-24(34-30(20)28)22-10-8-14(2)32-22/h7-12,15-16H,1-6H3. The number of fused-ring (bicyclic) bond motifs is 6. The molecule has 0 amide bonds. The minimum Gasteiger partial charge on any atom is -0.140 e. The van der Waals surface area contributed by atoms with Crippen molar-refractivity contribution in [2.24, 2.45) is 0 Å². The SMILES string of the molecule is Cc1ccc(-c2cc3c(s2)-c2c(C)c4c(c(C)c2C3C)-c2sc(-c3ccc(C)s3)cc2C4C)s1. The van der Waals surface area contributed by atoms with Crippen LogP contribution in [0.1, 0.15) is 68.8 Å². The number of rotatable bonds is 2. The van der Waals surface area contributed by atoms with E-state index in [1.165, 1.54) is 61.3 Å². The van der Waals surface area contributed by atoms with Gasteiger partial charge in [0.2, 0.25) is 0 Å². The normalized spacial score (nSPS) is 17.7. The summed E-state index contributed by atoms with van der Waals surface area (Å²) in [5.41, 5.74) is 12.3. The molecule has 1 aromatic carbocycles. The van der Waals surface area contributed by atoms with Crippen LogP contribution in [0.2, 0.25) is 0 Å². The van der Waals surface area contributed by atoms with Crippen molar-refractivity contribution < 1.29 is 0 Å². The minimum absolute atomic E-state index is 0.457. The van der Waals surface area contributed by atoms with E-state index in [1.807, 2.05) is 45.3 Å². The zero-order valence-electron chi connectivity index (χ0n) is 20.3. The van der Waals surface area contributed by atoms with Crippen LogP contribution in [0.5, 0.6) is 0 Å². The maximum absolute atomic E-state index is 2.48. The van der Waals surface area contributed by atoms with Gasteiger partial charge in [-0.25, -0.2) is 0 Å². The number of hydrogen-bond donors (Lipinski definition) is 0. The van der Waals surface area contributed by atoms with Crippen LogP contribution in [0.4, 0.5) is 0 Å². The Kier molecular flexibility index (Phi) is 4.56. The molecule has 0 radical (unpaired) electrons. The van der Waals surface area contributed by atoms with E-state index < -0.39 is 0 Å². The molecule has 0 bridgehead atoms. The molecule has 2 aliphatic carbocycles. The van der Waals surface area contributed by atoms with Crippen molar-refractivity contribution in [2.75, 3.05) is 0 Å². The maximum atomic E-state index is 2.48. The molecule has 2 aliphatic rings. The molecule has 5 aromatic rings. The van der Waals surface area contributed by atoms with Crippen molar-refractivity contribution in [3.8, 4) is 40.4 Å². The smallest absolute Gasteiger partial charge is 0.0452 e. The summed E-state index contributed by atoms with van der Waals surface area (Å²) in [6, 6.07) is 14.0. The molecule has 0 nitrogen and oxygen atoms in total. The van der Waals surface area contributed by atoms with Crippen LogP contribution in [0.15, 0.2) is 36.4 Å². The van der Waals surface area contributed by atoms with Gasteiger partial charge in [-0.05, 0) is 109 Å². The lowest BCUT2D eigenvalue weighted by atomic mass is 9.85. The second kappa shape index (κ2) is 7.27. The largest absolute Gasteiger partial charge is 0.140 e. The Balaban J connectivity index is 1.42. The maximum Gasteiger partial charge on any atom is 0.0452 e. The van der Waals surface area contributed by atoms with Gasteiger partial charge in [-0.2, -0.15) is 0 Å². The van der Waals surface area contributed by atoms with Gasteiger partial charge in [-0.1, -0.05) is 13.8 Å². The first-order valence-corrected chi connectivity index (χ1v) is 15.2. The van der Waals surface area contributed by atoms with Gasteiger partial charge < -0.3 is 0 Å². The highest BCUT2D eigenvalue weighted by atomic mass is 32.1. The van der Waals surface area contributed by atoms with Crippen LogP contribution in [0.3, 0.4) is 0 Å². The van der Waals surface area contributed by atoms with E-state index in [4.69, 9.17) is 0 Å². The summed E-state index contributed by atoms with van der Waals surface area (Å²) in [6.07, 6.45) is 0. The van der Waals surface area contributed by atoms with E-state index in [0.717, 1.165) is 0 Å². The predicted octanol–water partition coefficient (Wildman–Crippen LogP) is 10.8. The second-order valence-electron chi connectivity index (χ2n) is 9.88. The van der Waals surface area contributed by atoms with E-state index >= 15 is 0 Å². The Morgan fingerprint density at radius 3 is 1.29 bits per heavy atom. The molecule has 4 aromatic heterocycles. The Bertz CT molecular complexity index is 1510. The second-order valence-corrected chi connectivity index (χ2v) is 14.6. The molecule has 4 heteroatoms. The minimum atomic E-state index is 0.457. The van der Waals surface area contributed by atoms with Crippen LogP contribution in [0, 0.1) is 27.7 Å². The van der Waals surface area contributed by atoms with E-state index in [2.05, 4.69) is 77.9 Å². The summed E-state index contributed by atoms with van der Waals surface area (Å²) in [5, 5.41) is 0. The third-order valence-electron chi connectivity index (χ3n) is 7.84. The molecular weight excluding hydrogens is 489 g/mol. The molecule has 0 N–H and O–H groups in total. The van der Waals surface area contributed by atoms with Crippen LogP contribution in [-0.4, -0.2) is 0 Å². The molecule has 7 rings (SSSR count). The van der Waals surface area contributed by atoms with E-state index in [0.29, 0.717) is 11.8 Å². The van der Waals surface area contributed by atoms with Gasteiger partial charge in [-0.3, -0.25) is 0 Å². The fourth-order valence-electron chi connectivity index (χ4n) is 6.25. The van der Waals surface area contributed by atoms with Gasteiger partial charge in [0, 0.05) is 50.9 Å². The molecule has 0 saturated carbocycles. The lowest BCUT2D eigenvalue weighted by molar-refractivity contribution is 0.926. The molecule has 2 unspecified atom stereocenters. The van der Waals surface area contributed by atoms with Crippen molar-refractivity contribution in [1.82, 2.24) is 0 Å². The third kappa shape index (κ3) is 2.74. The summed E-state index contributed by atoms with van der Waals surface area (Å²) >= 11 is 7.84. The van der Waals surface area contributed by atoms with Gasteiger partial charge >= 0.3 is 0 Å². The quantitative estimate of drug-likeness (QED) is 0.220. The van der Waals surface area contributed by atoms with Gasteiger partial charge in [0.1, 0.15) is 0 Å². The first-order chi connectivity index (χ1) is 16.3. The lowest BCUT2D eigenvalue weighted by Gasteiger charge is -2.20. The monoisotopic (exact) mass is 514 g/mol. The van der Waals surface area contributed by atoms with Crippen molar-refractivity contribution >= 4 is 45.3 Å². The van der Waals surface area contributed by atoms with Crippen molar-refractivity contribution in [3.63, 3.8) is 0 Å². The average Bonchev–Trinajstić information content (AvgIpc) is 3.60. The van der Waals surface area contributed by atoms with Crippen LogP contribution < -0.4 is 0 Å². The fraction of sp³-hybridized carbons (Fsp3) is 0.267. The summed E-state index contributed by atoms with van der Waals surface area (Å²) < 4.78 is 0. The predicted molar refractivity (Wildman–Crippen MR) is 154 cm³/mol. The molecule has 0 saturated heterocycles. The highest BCUT2D eigenvalue weighted by Crippen LogP contribution is 2.61. The fourth-order valence-corrected chi connectivity index (χ4v) is 10.9. The van der Waals surface area contributed by atoms with E-state index in [9.17, 15) is 0 Å². The van der Waals surface area contributed by atoms with Gasteiger partial charge in [0.15, 0.2) is 0 Å². The Hall–Kier alpha value is -1.98. The molecular formula is C30H26S4.